The summed E-state index contributed by atoms with van der Waals surface area (Å²) in [6.45, 7) is 0. The second kappa shape index (κ2) is 5.98. The molecule has 0 radical (unpaired) electrons. The quantitative estimate of drug-likeness (QED) is 0.759. The van der Waals surface area contributed by atoms with Gasteiger partial charge in [0.25, 0.3) is 5.91 Å². The van der Waals surface area contributed by atoms with Gasteiger partial charge in [-0.05, 0) is 29.6 Å². The van der Waals surface area contributed by atoms with Crippen LogP contribution in [0.2, 0.25) is 0 Å². The topological polar surface area (TPSA) is 90.8 Å². The number of nitrogens with one attached hydrogen (secondary N) is 2. The van der Waals surface area contributed by atoms with E-state index in [9.17, 15) is 14.7 Å². The minimum Gasteiger partial charge on any atom is -0.506 e. The van der Waals surface area contributed by atoms with Gasteiger partial charge >= 0.3 is 0 Å². The number of amides is 2. The van der Waals surface area contributed by atoms with E-state index in [1.807, 2.05) is 5.38 Å². The molecule has 112 valence electrons. The highest BCUT2D eigenvalue weighted by Crippen LogP contribution is 2.26. The van der Waals surface area contributed by atoms with E-state index < -0.39 is 0 Å². The van der Waals surface area contributed by atoms with Crippen LogP contribution >= 0.6 is 11.3 Å². The number of carbonyl (C=O) groups excluding carboxylic acids is 2. The Kier molecular flexibility index (Phi) is 3.88. The van der Waals surface area contributed by atoms with Crippen molar-refractivity contribution in [2.75, 3.05) is 5.32 Å². The van der Waals surface area contributed by atoms with Crippen LogP contribution in [-0.2, 0) is 4.79 Å². The van der Waals surface area contributed by atoms with Crippen molar-refractivity contribution >= 4 is 34.6 Å². The van der Waals surface area contributed by atoms with Crippen molar-refractivity contribution < 1.29 is 14.7 Å². The fraction of sp³-hybridized carbons (Fsp3) is 0.133. The van der Waals surface area contributed by atoms with Gasteiger partial charge in [-0.25, -0.2) is 5.43 Å². The molecule has 2 amide bonds. The number of phenolic OH excluding ortho intramolecular Hbond substituents is 1. The number of rotatable bonds is 3. The third-order valence-corrected chi connectivity index (χ3v) is 3.95. The molecule has 1 aromatic carbocycles. The van der Waals surface area contributed by atoms with Gasteiger partial charge in [-0.15, -0.1) is 0 Å². The Balaban J connectivity index is 1.84. The summed E-state index contributed by atoms with van der Waals surface area (Å²) in [4.78, 5) is 23.2. The number of anilines is 1. The molecule has 0 atom stereocenters. The van der Waals surface area contributed by atoms with E-state index in [1.165, 1.54) is 17.4 Å². The van der Waals surface area contributed by atoms with Crippen LogP contribution in [0.1, 0.15) is 28.8 Å². The van der Waals surface area contributed by atoms with Gasteiger partial charge in [0.05, 0.1) is 17.0 Å². The fourth-order valence-electron chi connectivity index (χ4n) is 2.09. The molecule has 0 fully saturated rings. The van der Waals surface area contributed by atoms with Crippen molar-refractivity contribution in [1.82, 2.24) is 5.43 Å². The van der Waals surface area contributed by atoms with Gasteiger partial charge in [-0.1, -0.05) is 0 Å². The SMILES string of the molecule is O=C1CCC(c2ccc(O)c(NC(=O)c3ccsc3)c2)=NN1. The predicted octanol–water partition coefficient (Wildman–Crippen LogP) is 2.32. The largest absolute Gasteiger partial charge is 0.506 e. The number of carbonyl (C=O) groups is 2. The van der Waals surface area contributed by atoms with E-state index in [4.69, 9.17) is 0 Å². The van der Waals surface area contributed by atoms with Crippen LogP contribution in [0.4, 0.5) is 5.69 Å². The molecule has 0 spiro atoms. The molecule has 0 bridgehead atoms. The van der Waals surface area contributed by atoms with Crippen LogP contribution in [0.5, 0.6) is 5.75 Å². The number of benzene rings is 1. The average Bonchev–Trinajstić information content (AvgIpc) is 3.05. The molecule has 0 saturated carbocycles. The molecule has 0 saturated heterocycles. The smallest absolute Gasteiger partial charge is 0.256 e. The lowest BCUT2D eigenvalue weighted by Gasteiger charge is -2.14. The Bertz CT molecular complexity index is 753. The molecule has 1 aliphatic rings. The van der Waals surface area contributed by atoms with Crippen LogP contribution in [0.15, 0.2) is 40.1 Å². The van der Waals surface area contributed by atoms with Gasteiger partial charge in [0.15, 0.2) is 0 Å². The van der Waals surface area contributed by atoms with Gasteiger partial charge < -0.3 is 10.4 Å². The van der Waals surface area contributed by atoms with E-state index in [0.717, 1.165) is 5.56 Å². The zero-order valence-electron chi connectivity index (χ0n) is 11.5. The highest BCUT2D eigenvalue weighted by molar-refractivity contribution is 7.08. The summed E-state index contributed by atoms with van der Waals surface area (Å²) >= 11 is 1.43. The number of aromatic hydroxyl groups is 1. The Morgan fingerprint density at radius 2 is 2.18 bits per heavy atom. The monoisotopic (exact) mass is 315 g/mol. The number of hydrazone groups is 1. The summed E-state index contributed by atoms with van der Waals surface area (Å²) in [6, 6.07) is 6.56. The minimum atomic E-state index is -0.285. The van der Waals surface area contributed by atoms with E-state index in [-0.39, 0.29) is 17.6 Å². The first kappa shape index (κ1) is 14.3. The van der Waals surface area contributed by atoms with Crippen molar-refractivity contribution in [2.45, 2.75) is 12.8 Å². The van der Waals surface area contributed by atoms with Crippen molar-refractivity contribution in [1.29, 1.82) is 0 Å². The third-order valence-electron chi connectivity index (χ3n) is 3.27. The van der Waals surface area contributed by atoms with Crippen LogP contribution in [0.25, 0.3) is 0 Å². The summed E-state index contributed by atoms with van der Waals surface area (Å²) in [5, 5.41) is 20.1. The maximum absolute atomic E-state index is 12.1. The van der Waals surface area contributed by atoms with Crippen LogP contribution in [-0.4, -0.2) is 22.6 Å². The van der Waals surface area contributed by atoms with E-state index in [0.29, 0.717) is 29.8 Å². The van der Waals surface area contributed by atoms with Gasteiger partial charge in [-0.2, -0.15) is 16.4 Å². The summed E-state index contributed by atoms with van der Waals surface area (Å²) < 4.78 is 0. The van der Waals surface area contributed by atoms with Crippen molar-refractivity contribution in [2.24, 2.45) is 5.10 Å². The van der Waals surface area contributed by atoms with E-state index in [2.05, 4.69) is 15.8 Å². The Morgan fingerprint density at radius 3 is 2.86 bits per heavy atom. The predicted molar refractivity (Wildman–Crippen MR) is 84.3 cm³/mol. The van der Waals surface area contributed by atoms with Crippen molar-refractivity contribution in [3.8, 4) is 5.75 Å². The first-order chi connectivity index (χ1) is 10.6. The Hall–Kier alpha value is -2.67. The first-order valence-corrected chi connectivity index (χ1v) is 7.60. The van der Waals surface area contributed by atoms with Crippen LogP contribution in [0, 0.1) is 0 Å². The molecule has 7 heteroatoms. The summed E-state index contributed by atoms with van der Waals surface area (Å²) in [5.74, 6) is -0.422. The maximum Gasteiger partial charge on any atom is 0.256 e. The molecule has 2 heterocycles. The molecule has 22 heavy (non-hydrogen) atoms. The highest BCUT2D eigenvalue weighted by atomic mass is 32.1. The molecule has 3 rings (SSSR count). The number of nitrogens with zero attached hydrogens (tertiary/aromatic N) is 1. The molecule has 1 aromatic heterocycles. The number of hydrogen-bond donors (Lipinski definition) is 3. The lowest BCUT2D eigenvalue weighted by Crippen LogP contribution is -2.26. The molecule has 0 aliphatic carbocycles. The second-order valence-electron chi connectivity index (χ2n) is 4.79. The highest BCUT2D eigenvalue weighted by Gasteiger charge is 2.16. The third kappa shape index (κ3) is 2.99. The van der Waals surface area contributed by atoms with E-state index in [1.54, 1.807) is 23.6 Å². The van der Waals surface area contributed by atoms with Gasteiger partial charge in [0.1, 0.15) is 5.75 Å². The van der Waals surface area contributed by atoms with Crippen molar-refractivity contribution in [3.63, 3.8) is 0 Å². The Labute approximate surface area is 130 Å². The zero-order chi connectivity index (χ0) is 15.5. The lowest BCUT2D eigenvalue weighted by atomic mass is 10.0. The zero-order valence-corrected chi connectivity index (χ0v) is 12.3. The maximum atomic E-state index is 12.1. The second-order valence-corrected chi connectivity index (χ2v) is 5.57. The average molecular weight is 315 g/mol. The lowest BCUT2D eigenvalue weighted by molar-refractivity contribution is -0.121. The standard InChI is InChI=1S/C15H13N3O3S/c19-13-3-1-9(11-2-4-14(20)18-17-11)7-12(13)16-15(21)10-5-6-22-8-10/h1,3,5-8,19H,2,4H2,(H,16,21)(H,18,20). The molecule has 6 nitrogen and oxygen atoms in total. The first-order valence-electron chi connectivity index (χ1n) is 6.66. The summed E-state index contributed by atoms with van der Waals surface area (Å²) in [6.07, 6.45) is 0.894. The minimum absolute atomic E-state index is 0.0206. The van der Waals surface area contributed by atoms with E-state index >= 15 is 0 Å². The Morgan fingerprint density at radius 1 is 1.32 bits per heavy atom. The summed E-state index contributed by atoms with van der Waals surface area (Å²) in [7, 11) is 0. The number of thiophene rings is 1. The molecular formula is C15H13N3O3S. The molecule has 0 unspecified atom stereocenters. The number of hydrogen-bond acceptors (Lipinski definition) is 5. The van der Waals surface area contributed by atoms with Gasteiger partial charge in [-0.3, -0.25) is 9.59 Å². The number of phenols is 1. The molecule has 1 aliphatic heterocycles. The fourth-order valence-corrected chi connectivity index (χ4v) is 2.72. The molecule has 3 N–H and O–H groups in total. The normalized spacial score (nSPS) is 14.2. The molecular weight excluding hydrogens is 302 g/mol. The van der Waals surface area contributed by atoms with Crippen LogP contribution < -0.4 is 10.7 Å². The van der Waals surface area contributed by atoms with Crippen LogP contribution in [0.3, 0.4) is 0 Å². The summed E-state index contributed by atoms with van der Waals surface area (Å²) in [5.41, 5.74) is 4.74. The van der Waals surface area contributed by atoms with Crippen molar-refractivity contribution in [3.05, 3.63) is 46.2 Å². The van der Waals surface area contributed by atoms with Gasteiger partial charge in [0, 0.05) is 23.8 Å². The molecule has 2 aromatic rings. The van der Waals surface area contributed by atoms with Gasteiger partial charge in [0.2, 0.25) is 5.91 Å².